The average Bonchev–Trinajstić information content (AvgIpc) is 3.02. The van der Waals surface area contributed by atoms with Gasteiger partial charge in [-0.1, -0.05) is 32.4 Å². The minimum Gasteiger partial charge on any atom is -0.481 e. The molecule has 1 unspecified atom stereocenters. The van der Waals surface area contributed by atoms with Gasteiger partial charge in [0.25, 0.3) is 5.91 Å². The van der Waals surface area contributed by atoms with Crippen LogP contribution in [0.4, 0.5) is 11.5 Å². The lowest BCUT2D eigenvalue weighted by molar-refractivity contribution is -0.138. The topological polar surface area (TPSA) is 128 Å². The fourth-order valence-corrected chi connectivity index (χ4v) is 5.19. The Hall–Kier alpha value is -3.36. The van der Waals surface area contributed by atoms with E-state index in [0.29, 0.717) is 25.0 Å². The number of hydrogen-bond donors (Lipinski definition) is 2. The molecule has 0 spiro atoms. The van der Waals surface area contributed by atoms with Gasteiger partial charge in [-0.3, -0.25) is 9.59 Å². The van der Waals surface area contributed by atoms with Crippen molar-refractivity contribution in [3.63, 3.8) is 0 Å². The summed E-state index contributed by atoms with van der Waals surface area (Å²) in [5.74, 6) is 0.230. The van der Waals surface area contributed by atoms with Crippen LogP contribution in [0.5, 0.6) is 11.9 Å². The van der Waals surface area contributed by atoms with Gasteiger partial charge in [0.2, 0.25) is 5.88 Å². The summed E-state index contributed by atoms with van der Waals surface area (Å²) in [6.07, 6.45) is 6.19. The molecule has 9 heteroatoms. The van der Waals surface area contributed by atoms with E-state index < -0.39 is 5.97 Å². The van der Waals surface area contributed by atoms with E-state index in [1.807, 2.05) is 12.1 Å². The van der Waals surface area contributed by atoms with Gasteiger partial charge in [-0.2, -0.15) is 9.97 Å². The first-order chi connectivity index (χ1) is 17.4. The van der Waals surface area contributed by atoms with Crippen molar-refractivity contribution in [1.82, 2.24) is 9.97 Å². The molecule has 0 bridgehead atoms. The third-order valence-corrected chi connectivity index (χ3v) is 7.16. The lowest BCUT2D eigenvalue weighted by Crippen LogP contribution is -2.32. The van der Waals surface area contributed by atoms with Crippen LogP contribution in [0, 0.1) is 11.8 Å². The van der Waals surface area contributed by atoms with Crippen LogP contribution >= 0.6 is 0 Å². The summed E-state index contributed by atoms with van der Waals surface area (Å²) in [5.41, 5.74) is 8.30. The van der Waals surface area contributed by atoms with E-state index in [4.69, 9.17) is 20.3 Å². The average molecular weight is 497 g/mol. The van der Waals surface area contributed by atoms with Gasteiger partial charge in [0.1, 0.15) is 18.0 Å². The first-order valence-electron chi connectivity index (χ1n) is 12.9. The van der Waals surface area contributed by atoms with Crippen molar-refractivity contribution in [3.05, 3.63) is 35.4 Å². The third kappa shape index (κ3) is 6.06. The van der Waals surface area contributed by atoms with Gasteiger partial charge >= 0.3 is 12.0 Å². The zero-order chi connectivity index (χ0) is 25.7. The number of carbonyl (C=O) groups excluding carboxylic acids is 1. The van der Waals surface area contributed by atoms with Gasteiger partial charge < -0.3 is 25.2 Å². The van der Waals surface area contributed by atoms with Crippen LogP contribution in [-0.2, 0) is 4.79 Å². The van der Waals surface area contributed by atoms with Crippen molar-refractivity contribution < 1.29 is 24.2 Å². The molecule has 2 aromatic rings. The molecule has 3 N–H and O–H groups in total. The second-order valence-corrected chi connectivity index (χ2v) is 9.99. The van der Waals surface area contributed by atoms with E-state index in [1.165, 1.54) is 5.56 Å². The molecule has 9 nitrogen and oxygen atoms in total. The molecule has 4 rings (SSSR count). The maximum absolute atomic E-state index is 13.4. The molecule has 1 aromatic heterocycles. The zero-order valence-corrected chi connectivity index (χ0v) is 21.1. The minimum absolute atomic E-state index is 0.0461. The molecule has 1 fully saturated rings. The highest BCUT2D eigenvalue weighted by atomic mass is 16.5. The number of carboxylic acid groups (broad SMARTS) is 1. The van der Waals surface area contributed by atoms with Crippen molar-refractivity contribution in [2.24, 2.45) is 11.8 Å². The molecule has 1 aromatic carbocycles. The lowest BCUT2D eigenvalue weighted by atomic mass is 9.77. The minimum atomic E-state index is -0.716. The first-order valence-corrected chi connectivity index (χ1v) is 12.9. The number of nitrogens with zero attached hydrogens (tertiary/aromatic N) is 3. The summed E-state index contributed by atoms with van der Waals surface area (Å²) in [6, 6.07) is 8.14. The Kier molecular flexibility index (Phi) is 8.28. The predicted octanol–water partition coefficient (Wildman–Crippen LogP) is 4.66. The monoisotopic (exact) mass is 496 g/mol. The van der Waals surface area contributed by atoms with E-state index in [-0.39, 0.29) is 48.1 Å². The summed E-state index contributed by atoms with van der Waals surface area (Å²) >= 11 is 0. The van der Waals surface area contributed by atoms with E-state index >= 15 is 0 Å². The molecule has 2 aliphatic rings. The Morgan fingerprint density at radius 3 is 2.61 bits per heavy atom. The highest BCUT2D eigenvalue weighted by molar-refractivity contribution is 6.10. The van der Waals surface area contributed by atoms with Gasteiger partial charge in [0.05, 0.1) is 13.2 Å². The number of amides is 1. The number of hydrogen-bond acceptors (Lipinski definition) is 7. The summed E-state index contributed by atoms with van der Waals surface area (Å²) < 4.78 is 11.5. The highest BCUT2D eigenvalue weighted by Gasteiger charge is 2.30. The van der Waals surface area contributed by atoms with Gasteiger partial charge in [-0.15, -0.1) is 0 Å². The summed E-state index contributed by atoms with van der Waals surface area (Å²) in [4.78, 5) is 34.6. The van der Waals surface area contributed by atoms with Gasteiger partial charge in [-0.05, 0) is 67.6 Å². The number of fused-ring (bicyclic) bond motifs is 1. The molecule has 1 aliphatic heterocycles. The summed E-state index contributed by atoms with van der Waals surface area (Å²) in [7, 11) is 0. The molecule has 0 saturated heterocycles. The Bertz CT molecular complexity index is 1070. The molecular weight excluding hydrogens is 460 g/mol. The standard InChI is InChI=1S/C27H36N4O5/c1-3-4-17(2)16-36-27-29-24(28)23-25(30-27)35-14-13-31(26(23)34)21-11-9-20(10-12-21)19-7-5-18(6-8-19)15-22(32)33/h9-12,17-19H,3-8,13-16H2,1-2H3,(H,32,33)(H2,28,29,30). The second kappa shape index (κ2) is 11.6. The SMILES string of the molecule is CCCC(C)COc1nc(N)c2c(n1)OCCN(c1ccc(C3CCC(CC(=O)O)CC3)cc1)C2=O. The van der Waals surface area contributed by atoms with Crippen LogP contribution in [0.1, 0.15) is 80.6 Å². The second-order valence-electron chi connectivity index (χ2n) is 9.99. The number of nitrogen functional groups attached to an aromatic ring is 1. The molecule has 1 aliphatic carbocycles. The first kappa shape index (κ1) is 25.7. The third-order valence-electron chi connectivity index (χ3n) is 7.16. The van der Waals surface area contributed by atoms with Gasteiger partial charge in [-0.25, -0.2) is 0 Å². The Balaban J connectivity index is 1.44. The number of aromatic nitrogens is 2. The van der Waals surface area contributed by atoms with Gasteiger partial charge in [0.15, 0.2) is 0 Å². The smallest absolute Gasteiger partial charge is 0.321 e. The maximum Gasteiger partial charge on any atom is 0.321 e. The van der Waals surface area contributed by atoms with E-state index in [2.05, 4.69) is 35.9 Å². The van der Waals surface area contributed by atoms with Crippen molar-refractivity contribution in [2.75, 3.05) is 30.4 Å². The van der Waals surface area contributed by atoms with Crippen molar-refractivity contribution in [2.45, 2.75) is 64.7 Å². The predicted molar refractivity (Wildman–Crippen MR) is 137 cm³/mol. The van der Waals surface area contributed by atoms with Crippen molar-refractivity contribution in [3.8, 4) is 11.9 Å². The van der Waals surface area contributed by atoms with Crippen LogP contribution in [0.25, 0.3) is 0 Å². The van der Waals surface area contributed by atoms with Crippen LogP contribution in [-0.4, -0.2) is 46.7 Å². The fourth-order valence-electron chi connectivity index (χ4n) is 5.19. The lowest BCUT2D eigenvalue weighted by Gasteiger charge is -2.28. The molecule has 2 heterocycles. The number of carbonyl (C=O) groups is 2. The van der Waals surface area contributed by atoms with Crippen molar-refractivity contribution in [1.29, 1.82) is 0 Å². The number of nitrogens with two attached hydrogens (primary N) is 1. The molecule has 36 heavy (non-hydrogen) atoms. The van der Waals surface area contributed by atoms with E-state index in [1.54, 1.807) is 4.90 Å². The zero-order valence-electron chi connectivity index (χ0n) is 21.1. The summed E-state index contributed by atoms with van der Waals surface area (Å²) in [5, 5.41) is 9.04. The number of aliphatic carboxylic acids is 1. The van der Waals surface area contributed by atoms with Crippen LogP contribution in [0.15, 0.2) is 24.3 Å². The highest BCUT2D eigenvalue weighted by Crippen LogP contribution is 2.38. The molecule has 194 valence electrons. The normalized spacial score (nSPS) is 20.7. The quantitative estimate of drug-likeness (QED) is 0.513. The molecule has 0 radical (unpaired) electrons. The maximum atomic E-state index is 13.4. The number of anilines is 2. The molecule has 1 saturated carbocycles. The fraction of sp³-hybridized carbons (Fsp3) is 0.556. The van der Waals surface area contributed by atoms with E-state index in [0.717, 1.165) is 44.2 Å². The number of ether oxygens (including phenoxy) is 2. The molecule has 1 amide bonds. The Morgan fingerprint density at radius 2 is 1.94 bits per heavy atom. The van der Waals surface area contributed by atoms with E-state index in [9.17, 15) is 9.59 Å². The van der Waals surface area contributed by atoms with Crippen molar-refractivity contribution >= 4 is 23.4 Å². The van der Waals surface area contributed by atoms with Crippen LogP contribution < -0.4 is 20.1 Å². The number of rotatable bonds is 9. The number of benzene rings is 1. The van der Waals surface area contributed by atoms with Gasteiger partial charge in [0, 0.05) is 12.1 Å². The Labute approximate surface area is 212 Å². The largest absolute Gasteiger partial charge is 0.481 e. The number of carboxylic acids is 1. The van der Waals surface area contributed by atoms with Crippen LogP contribution in [0.2, 0.25) is 0 Å². The van der Waals surface area contributed by atoms with Crippen LogP contribution in [0.3, 0.4) is 0 Å². The summed E-state index contributed by atoms with van der Waals surface area (Å²) in [6.45, 7) is 5.33. The Morgan fingerprint density at radius 1 is 1.22 bits per heavy atom. The molecular formula is C27H36N4O5. The molecule has 1 atom stereocenters.